The molecule has 13 heavy (non-hydrogen) atoms. The first-order chi connectivity index (χ1) is 6.17. The molecule has 1 rings (SSSR count). The second kappa shape index (κ2) is 5.19. The minimum atomic E-state index is -3.06. The van der Waals surface area contributed by atoms with Gasteiger partial charge in [0.05, 0.1) is 5.75 Å². The van der Waals surface area contributed by atoms with Crippen molar-refractivity contribution < 1.29 is 8.42 Å². The molecule has 1 fully saturated rings. The van der Waals surface area contributed by atoms with Gasteiger partial charge in [0.2, 0.25) is 10.0 Å². The van der Waals surface area contributed by atoms with Gasteiger partial charge in [-0.05, 0) is 12.2 Å². The fourth-order valence-electron chi connectivity index (χ4n) is 1.28. The van der Waals surface area contributed by atoms with Gasteiger partial charge < -0.3 is 5.73 Å². The van der Waals surface area contributed by atoms with E-state index < -0.39 is 10.0 Å². The number of nitrogens with two attached hydrogens (primary N) is 1. The molecule has 4 nitrogen and oxygen atoms in total. The maximum Gasteiger partial charge on any atom is 0.215 e. The zero-order valence-electron chi connectivity index (χ0n) is 7.61. The van der Waals surface area contributed by atoms with Crippen molar-refractivity contribution in [3.05, 3.63) is 0 Å². The molecule has 1 heterocycles. The van der Waals surface area contributed by atoms with Crippen molar-refractivity contribution in [2.75, 3.05) is 36.9 Å². The molecule has 0 bridgehead atoms. The fourth-order valence-corrected chi connectivity index (χ4v) is 3.61. The van der Waals surface area contributed by atoms with Crippen LogP contribution in [0.1, 0.15) is 6.42 Å². The molecule has 1 saturated heterocycles. The maximum atomic E-state index is 11.6. The average molecular weight is 224 g/mol. The number of thioether (sulfide) groups is 1. The molecular formula is C7H16N2O2S2. The van der Waals surface area contributed by atoms with Gasteiger partial charge in [-0.15, -0.1) is 0 Å². The molecule has 0 unspecified atom stereocenters. The third-order valence-electron chi connectivity index (χ3n) is 1.95. The van der Waals surface area contributed by atoms with Gasteiger partial charge in [0, 0.05) is 25.4 Å². The molecule has 0 saturated carbocycles. The Hall–Kier alpha value is 0.220. The van der Waals surface area contributed by atoms with Gasteiger partial charge in [-0.1, -0.05) is 0 Å². The topological polar surface area (TPSA) is 63.4 Å². The number of nitrogens with zero attached hydrogens (tertiary/aromatic N) is 1. The van der Waals surface area contributed by atoms with Gasteiger partial charge in [-0.25, -0.2) is 12.7 Å². The van der Waals surface area contributed by atoms with Crippen LogP contribution in [0, 0.1) is 0 Å². The van der Waals surface area contributed by atoms with Crippen LogP contribution in [0.15, 0.2) is 0 Å². The first kappa shape index (κ1) is 11.3. The van der Waals surface area contributed by atoms with E-state index in [-0.39, 0.29) is 12.3 Å². The molecule has 1 aliphatic heterocycles. The lowest BCUT2D eigenvalue weighted by Gasteiger charge is -2.18. The molecule has 0 aromatic heterocycles. The van der Waals surface area contributed by atoms with Gasteiger partial charge in [0.25, 0.3) is 0 Å². The summed E-state index contributed by atoms with van der Waals surface area (Å²) in [5.41, 5.74) is 5.25. The SMILES string of the molecule is NCCS(=O)(=O)N1CCCSCC1. The van der Waals surface area contributed by atoms with Crippen LogP contribution in [0.5, 0.6) is 0 Å². The third-order valence-corrected chi connectivity index (χ3v) is 4.90. The van der Waals surface area contributed by atoms with E-state index in [1.165, 1.54) is 0 Å². The van der Waals surface area contributed by atoms with Gasteiger partial charge in [0.15, 0.2) is 0 Å². The van der Waals surface area contributed by atoms with Crippen LogP contribution in [-0.2, 0) is 10.0 Å². The Balaban J connectivity index is 2.57. The second-order valence-corrected chi connectivity index (χ2v) is 6.28. The first-order valence-electron chi connectivity index (χ1n) is 4.42. The summed E-state index contributed by atoms with van der Waals surface area (Å²) in [7, 11) is -3.06. The van der Waals surface area contributed by atoms with Crippen molar-refractivity contribution in [2.24, 2.45) is 5.73 Å². The van der Waals surface area contributed by atoms with Gasteiger partial charge in [0.1, 0.15) is 0 Å². The van der Waals surface area contributed by atoms with Gasteiger partial charge >= 0.3 is 0 Å². The number of rotatable bonds is 3. The quantitative estimate of drug-likeness (QED) is 0.716. The molecular weight excluding hydrogens is 208 g/mol. The van der Waals surface area contributed by atoms with Crippen molar-refractivity contribution in [1.82, 2.24) is 4.31 Å². The highest BCUT2D eigenvalue weighted by Crippen LogP contribution is 2.13. The van der Waals surface area contributed by atoms with Crippen molar-refractivity contribution >= 4 is 21.8 Å². The minimum Gasteiger partial charge on any atom is -0.329 e. The number of sulfonamides is 1. The molecule has 0 atom stereocenters. The highest BCUT2D eigenvalue weighted by atomic mass is 32.2. The van der Waals surface area contributed by atoms with Crippen LogP contribution in [0.4, 0.5) is 0 Å². The van der Waals surface area contributed by atoms with Crippen LogP contribution < -0.4 is 5.73 Å². The lowest BCUT2D eigenvalue weighted by Crippen LogP contribution is -2.36. The van der Waals surface area contributed by atoms with E-state index in [1.54, 1.807) is 4.31 Å². The Labute approximate surface area is 83.9 Å². The summed E-state index contributed by atoms with van der Waals surface area (Å²) in [6, 6.07) is 0. The molecule has 1 aliphatic rings. The summed E-state index contributed by atoms with van der Waals surface area (Å²) >= 11 is 1.82. The minimum absolute atomic E-state index is 0.0810. The van der Waals surface area contributed by atoms with Crippen molar-refractivity contribution in [3.63, 3.8) is 0 Å². The van der Waals surface area contributed by atoms with Crippen molar-refractivity contribution in [2.45, 2.75) is 6.42 Å². The summed E-state index contributed by atoms with van der Waals surface area (Å²) < 4.78 is 24.7. The predicted molar refractivity (Wildman–Crippen MR) is 56.4 cm³/mol. The smallest absolute Gasteiger partial charge is 0.215 e. The highest BCUT2D eigenvalue weighted by molar-refractivity contribution is 7.99. The average Bonchev–Trinajstić information content (AvgIpc) is 2.31. The molecule has 0 aromatic rings. The van der Waals surface area contributed by atoms with Gasteiger partial charge in [-0.2, -0.15) is 11.8 Å². The standard InChI is InChI=1S/C7H16N2O2S2/c8-2-7-13(10,11)9-3-1-5-12-6-4-9/h1-8H2. The van der Waals surface area contributed by atoms with Crippen molar-refractivity contribution in [3.8, 4) is 0 Å². The van der Waals surface area contributed by atoms with Crippen LogP contribution in [-0.4, -0.2) is 49.6 Å². The fraction of sp³-hybridized carbons (Fsp3) is 1.00. The monoisotopic (exact) mass is 224 g/mol. The van der Waals surface area contributed by atoms with E-state index in [0.717, 1.165) is 17.9 Å². The van der Waals surface area contributed by atoms with E-state index in [1.807, 2.05) is 11.8 Å². The Morgan fingerprint density at radius 1 is 1.31 bits per heavy atom. The van der Waals surface area contributed by atoms with E-state index >= 15 is 0 Å². The van der Waals surface area contributed by atoms with E-state index in [9.17, 15) is 8.42 Å². The van der Waals surface area contributed by atoms with Crippen LogP contribution in [0.2, 0.25) is 0 Å². The van der Waals surface area contributed by atoms with Gasteiger partial charge in [-0.3, -0.25) is 0 Å². The lowest BCUT2D eigenvalue weighted by molar-refractivity contribution is 0.435. The summed E-state index contributed by atoms with van der Waals surface area (Å²) in [6.45, 7) is 1.52. The van der Waals surface area contributed by atoms with Crippen molar-refractivity contribution in [1.29, 1.82) is 0 Å². The molecule has 0 radical (unpaired) electrons. The zero-order chi connectivity index (χ0) is 9.73. The highest BCUT2D eigenvalue weighted by Gasteiger charge is 2.21. The van der Waals surface area contributed by atoms with E-state index in [4.69, 9.17) is 5.73 Å². The second-order valence-electron chi connectivity index (χ2n) is 2.97. The zero-order valence-corrected chi connectivity index (χ0v) is 9.24. The first-order valence-corrected chi connectivity index (χ1v) is 7.19. The Bertz CT molecular complexity index is 233. The van der Waals surface area contributed by atoms with E-state index in [0.29, 0.717) is 13.1 Å². The summed E-state index contributed by atoms with van der Waals surface area (Å²) in [4.78, 5) is 0. The predicted octanol–water partition coefficient (Wildman–Crippen LogP) is -0.286. The normalized spacial score (nSPS) is 21.3. The molecule has 0 amide bonds. The van der Waals surface area contributed by atoms with Crippen LogP contribution in [0.3, 0.4) is 0 Å². The summed E-state index contributed by atoms with van der Waals surface area (Å²) in [6.07, 6.45) is 0.953. The Morgan fingerprint density at radius 2 is 2.08 bits per heavy atom. The maximum absolute atomic E-state index is 11.6. The molecule has 0 spiro atoms. The van der Waals surface area contributed by atoms with E-state index in [2.05, 4.69) is 0 Å². The molecule has 6 heteroatoms. The Morgan fingerprint density at radius 3 is 2.77 bits per heavy atom. The molecule has 2 N–H and O–H groups in total. The molecule has 0 aromatic carbocycles. The third kappa shape index (κ3) is 3.46. The Kier molecular flexibility index (Phi) is 4.51. The van der Waals surface area contributed by atoms with Crippen LogP contribution >= 0.6 is 11.8 Å². The van der Waals surface area contributed by atoms with Crippen LogP contribution in [0.25, 0.3) is 0 Å². The summed E-state index contributed by atoms with van der Waals surface area (Å²) in [5.74, 6) is 2.05. The molecule has 0 aliphatic carbocycles. The number of hydrogen-bond donors (Lipinski definition) is 1. The largest absolute Gasteiger partial charge is 0.329 e. The summed E-state index contributed by atoms with van der Waals surface area (Å²) in [5, 5.41) is 0. The number of hydrogen-bond acceptors (Lipinski definition) is 4. The lowest BCUT2D eigenvalue weighted by atomic mass is 10.5. The molecule has 78 valence electrons.